The van der Waals surface area contributed by atoms with E-state index in [1.165, 1.54) is 9.77 Å². The van der Waals surface area contributed by atoms with Crippen molar-refractivity contribution < 1.29 is 9.90 Å². The summed E-state index contributed by atoms with van der Waals surface area (Å²) in [6.07, 6.45) is 5.45. The van der Waals surface area contributed by atoms with Crippen molar-refractivity contribution in [3.05, 3.63) is 76.1 Å². The fourth-order valence-corrected chi connectivity index (χ4v) is 4.45. The molecule has 3 nitrogen and oxygen atoms in total. The quantitative estimate of drug-likeness (QED) is 0.522. The van der Waals surface area contributed by atoms with E-state index in [1.54, 1.807) is 17.4 Å². The van der Waals surface area contributed by atoms with Crippen molar-refractivity contribution in [3.63, 3.8) is 0 Å². The maximum absolute atomic E-state index is 11.6. The number of hydrogen-bond acceptors (Lipinski definition) is 4. The summed E-state index contributed by atoms with van der Waals surface area (Å²) in [5, 5.41) is 11.6. The predicted octanol–water partition coefficient (Wildman–Crippen LogP) is 5.03. The van der Waals surface area contributed by atoms with E-state index in [0.29, 0.717) is 5.57 Å². The topological polar surface area (TPSA) is 40.5 Å². The second-order valence-corrected chi connectivity index (χ2v) is 7.99. The van der Waals surface area contributed by atoms with Crippen molar-refractivity contribution in [2.24, 2.45) is 0 Å². The van der Waals surface area contributed by atoms with E-state index in [9.17, 15) is 9.90 Å². The molecular formula is C20H21NO2S2. The molecule has 0 aliphatic carbocycles. The van der Waals surface area contributed by atoms with Crippen LogP contribution in [0.25, 0.3) is 0 Å². The number of rotatable bonds is 8. The molecule has 0 saturated carbocycles. The summed E-state index contributed by atoms with van der Waals surface area (Å²) >= 11 is 3.53. The van der Waals surface area contributed by atoms with Crippen LogP contribution < -0.4 is 0 Å². The zero-order valence-corrected chi connectivity index (χ0v) is 15.6. The molecule has 0 bridgehead atoms. The van der Waals surface area contributed by atoms with Gasteiger partial charge in [-0.1, -0.05) is 30.3 Å². The minimum Gasteiger partial charge on any atom is -0.478 e. The third-order valence-electron chi connectivity index (χ3n) is 4.03. The van der Waals surface area contributed by atoms with Gasteiger partial charge >= 0.3 is 5.97 Å². The van der Waals surface area contributed by atoms with E-state index in [2.05, 4.69) is 28.5 Å². The highest BCUT2D eigenvalue weighted by Crippen LogP contribution is 2.27. The smallest absolute Gasteiger partial charge is 0.337 e. The van der Waals surface area contributed by atoms with E-state index in [-0.39, 0.29) is 0 Å². The van der Waals surface area contributed by atoms with Gasteiger partial charge in [0.1, 0.15) is 0 Å². The van der Waals surface area contributed by atoms with Crippen molar-refractivity contribution in [2.75, 3.05) is 12.3 Å². The molecule has 1 aromatic heterocycles. The number of benzene rings is 1. The normalized spacial score (nSPS) is 14.2. The molecule has 0 spiro atoms. The Kier molecular flexibility index (Phi) is 6.36. The molecule has 0 unspecified atom stereocenters. The van der Waals surface area contributed by atoms with E-state index in [4.69, 9.17) is 0 Å². The van der Waals surface area contributed by atoms with Gasteiger partial charge in [0, 0.05) is 22.0 Å². The molecule has 1 N–H and O–H groups in total. The standard InChI is InChI=1S/C20H21NO2S2/c22-20(23)18-10-4-12-21(15-17-9-5-13-25-17)19(18)11-6-14-24-16-7-2-1-3-8-16/h1-5,7-10,13H,6,11-12,14-15H2,(H,22,23). The highest BCUT2D eigenvalue weighted by Gasteiger charge is 2.21. The number of carboxylic acids is 1. The molecule has 5 heteroatoms. The molecule has 130 valence electrons. The van der Waals surface area contributed by atoms with E-state index >= 15 is 0 Å². The molecule has 0 saturated heterocycles. The van der Waals surface area contributed by atoms with Crippen LogP contribution >= 0.6 is 23.1 Å². The second-order valence-electron chi connectivity index (χ2n) is 5.79. The largest absolute Gasteiger partial charge is 0.478 e. The molecule has 0 atom stereocenters. The average molecular weight is 372 g/mol. The van der Waals surface area contributed by atoms with Gasteiger partial charge in [-0.15, -0.1) is 23.1 Å². The Bertz CT molecular complexity index is 751. The van der Waals surface area contributed by atoms with Gasteiger partial charge < -0.3 is 10.0 Å². The summed E-state index contributed by atoms with van der Waals surface area (Å²) in [4.78, 5) is 16.3. The first-order valence-electron chi connectivity index (χ1n) is 8.32. The van der Waals surface area contributed by atoms with Gasteiger partial charge in [-0.05, 0) is 48.2 Å². The molecule has 3 rings (SSSR count). The minimum atomic E-state index is -0.835. The molecule has 1 aliphatic heterocycles. The van der Waals surface area contributed by atoms with Crippen molar-refractivity contribution in [1.29, 1.82) is 0 Å². The second kappa shape index (κ2) is 8.92. The van der Waals surface area contributed by atoms with Crippen LogP contribution in [0.15, 0.2) is 76.2 Å². The molecule has 0 radical (unpaired) electrons. The van der Waals surface area contributed by atoms with Crippen molar-refractivity contribution in [1.82, 2.24) is 4.90 Å². The van der Waals surface area contributed by atoms with Gasteiger partial charge in [-0.25, -0.2) is 4.79 Å². The van der Waals surface area contributed by atoms with Crippen LogP contribution in [0.1, 0.15) is 17.7 Å². The number of thiophene rings is 1. The zero-order valence-electron chi connectivity index (χ0n) is 13.9. The summed E-state index contributed by atoms with van der Waals surface area (Å²) in [5.41, 5.74) is 1.39. The van der Waals surface area contributed by atoms with Gasteiger partial charge in [0.05, 0.1) is 12.1 Å². The molecule has 1 aromatic carbocycles. The lowest BCUT2D eigenvalue weighted by Gasteiger charge is -2.30. The number of thioether (sulfide) groups is 1. The van der Waals surface area contributed by atoms with E-state index < -0.39 is 5.97 Å². The fourth-order valence-electron chi connectivity index (χ4n) is 2.86. The summed E-state index contributed by atoms with van der Waals surface area (Å²) in [5.74, 6) is 0.148. The number of carboxylic acid groups (broad SMARTS) is 1. The van der Waals surface area contributed by atoms with Crippen LogP contribution in [-0.2, 0) is 11.3 Å². The first-order valence-corrected chi connectivity index (χ1v) is 10.2. The van der Waals surface area contributed by atoms with Crippen LogP contribution in [0.3, 0.4) is 0 Å². The highest BCUT2D eigenvalue weighted by atomic mass is 32.2. The maximum Gasteiger partial charge on any atom is 0.337 e. The summed E-state index contributed by atoms with van der Waals surface area (Å²) in [7, 11) is 0. The number of carbonyl (C=O) groups is 1. The van der Waals surface area contributed by atoms with Crippen LogP contribution in [0.4, 0.5) is 0 Å². The Balaban J connectivity index is 1.64. The Morgan fingerprint density at radius 2 is 2.04 bits per heavy atom. The Hall–Kier alpha value is -1.98. The first-order chi connectivity index (χ1) is 12.2. The van der Waals surface area contributed by atoms with Crippen LogP contribution in [0.2, 0.25) is 0 Å². The van der Waals surface area contributed by atoms with Gasteiger partial charge in [0.25, 0.3) is 0 Å². The number of nitrogens with zero attached hydrogens (tertiary/aromatic N) is 1. The molecule has 2 aromatic rings. The molecular weight excluding hydrogens is 350 g/mol. The third-order valence-corrected chi connectivity index (χ3v) is 5.99. The van der Waals surface area contributed by atoms with Crippen molar-refractivity contribution >= 4 is 29.1 Å². The maximum atomic E-state index is 11.6. The number of hydrogen-bond donors (Lipinski definition) is 1. The van der Waals surface area contributed by atoms with Gasteiger partial charge in [-0.3, -0.25) is 0 Å². The number of allylic oxidation sites excluding steroid dienone is 1. The van der Waals surface area contributed by atoms with Crippen LogP contribution in [0, 0.1) is 0 Å². The highest BCUT2D eigenvalue weighted by molar-refractivity contribution is 7.99. The Morgan fingerprint density at radius 1 is 1.20 bits per heavy atom. The average Bonchev–Trinajstić information content (AvgIpc) is 3.13. The van der Waals surface area contributed by atoms with Crippen LogP contribution in [-0.4, -0.2) is 28.3 Å². The van der Waals surface area contributed by atoms with Crippen LogP contribution in [0.5, 0.6) is 0 Å². The Morgan fingerprint density at radius 3 is 2.76 bits per heavy atom. The zero-order chi connectivity index (χ0) is 17.5. The summed E-state index contributed by atoms with van der Waals surface area (Å²) < 4.78 is 0. The van der Waals surface area contributed by atoms with Gasteiger partial charge in [0.15, 0.2) is 0 Å². The number of aliphatic carboxylic acids is 1. The molecule has 25 heavy (non-hydrogen) atoms. The third kappa shape index (κ3) is 5.00. The van der Waals surface area contributed by atoms with Gasteiger partial charge in [0.2, 0.25) is 0 Å². The van der Waals surface area contributed by atoms with Crippen molar-refractivity contribution in [2.45, 2.75) is 24.3 Å². The first kappa shape index (κ1) is 17.8. The van der Waals surface area contributed by atoms with E-state index in [0.717, 1.165) is 37.4 Å². The SMILES string of the molecule is O=C(O)C1=C(CCCSc2ccccc2)N(Cc2cccs2)CC=C1. The monoisotopic (exact) mass is 371 g/mol. The van der Waals surface area contributed by atoms with E-state index in [1.807, 2.05) is 42.1 Å². The lowest BCUT2D eigenvalue weighted by Crippen LogP contribution is -2.28. The predicted molar refractivity (Wildman–Crippen MR) is 105 cm³/mol. The van der Waals surface area contributed by atoms with Gasteiger partial charge in [-0.2, -0.15) is 0 Å². The summed E-state index contributed by atoms with van der Waals surface area (Å²) in [6, 6.07) is 14.5. The molecule has 0 fully saturated rings. The lowest BCUT2D eigenvalue weighted by molar-refractivity contribution is -0.132. The Labute approximate surface area is 156 Å². The minimum absolute atomic E-state index is 0.438. The fraction of sp³-hybridized carbons (Fsp3) is 0.250. The molecule has 0 amide bonds. The molecule has 2 heterocycles. The lowest BCUT2D eigenvalue weighted by atomic mass is 10.0. The summed E-state index contributed by atoms with van der Waals surface area (Å²) in [6.45, 7) is 1.55. The molecule has 1 aliphatic rings. The van der Waals surface area contributed by atoms with Crippen molar-refractivity contribution in [3.8, 4) is 0 Å².